The van der Waals surface area contributed by atoms with Crippen LogP contribution in [-0.4, -0.2) is 45.5 Å². The van der Waals surface area contributed by atoms with E-state index >= 15 is 0 Å². The average Bonchev–Trinajstić information content (AvgIpc) is 2.95. The number of amides is 1. The van der Waals surface area contributed by atoms with Gasteiger partial charge in [0.25, 0.3) is 0 Å². The minimum Gasteiger partial charge on any atom is -0.495 e. The Balaban J connectivity index is 2.15. The molecule has 11 heteroatoms. The molecule has 0 radical (unpaired) electrons. The normalized spacial score (nSPS) is 11.2. The maximum Gasteiger partial charge on any atom is 0.341 e. The van der Waals surface area contributed by atoms with Gasteiger partial charge >= 0.3 is 5.97 Å². The summed E-state index contributed by atoms with van der Waals surface area (Å²) in [6.07, 6.45) is 0. The fraction of sp³-hybridized carbons (Fsp3) is 0.333. The number of aromatic nitrogens is 1. The number of hydrogen-bond acceptors (Lipinski definition) is 6. The largest absolute Gasteiger partial charge is 0.495 e. The Kier molecular flexibility index (Phi) is 7.28. The number of esters is 1. The van der Waals surface area contributed by atoms with Crippen LogP contribution in [0.3, 0.4) is 0 Å². The number of aryl methyl sites for hydroxylation is 2. The molecular weight excluding hydrogens is 422 g/mol. The number of ether oxygens (including phenoxy) is 2. The zero-order valence-electron chi connectivity index (χ0n) is 16.4. The smallest absolute Gasteiger partial charge is 0.341 e. The van der Waals surface area contributed by atoms with Crippen molar-refractivity contribution in [3.05, 3.63) is 40.2 Å². The van der Waals surface area contributed by atoms with Crippen molar-refractivity contribution in [1.29, 1.82) is 0 Å². The van der Waals surface area contributed by atoms with Crippen molar-refractivity contribution in [1.82, 2.24) is 9.71 Å². The molecule has 1 amide bonds. The van der Waals surface area contributed by atoms with Crippen LogP contribution in [0.15, 0.2) is 23.1 Å². The first kappa shape index (κ1) is 22.7. The molecule has 0 saturated carbocycles. The molecule has 0 saturated heterocycles. The van der Waals surface area contributed by atoms with Gasteiger partial charge < -0.3 is 19.8 Å². The van der Waals surface area contributed by atoms with Crippen LogP contribution in [0.2, 0.25) is 5.02 Å². The third kappa shape index (κ3) is 5.28. The number of methoxy groups -OCH3 is 1. The Morgan fingerprint density at radius 2 is 1.90 bits per heavy atom. The molecule has 0 fully saturated rings. The second-order valence-corrected chi connectivity index (χ2v) is 8.13. The Morgan fingerprint density at radius 3 is 2.48 bits per heavy atom. The van der Waals surface area contributed by atoms with Crippen LogP contribution in [0.25, 0.3) is 0 Å². The van der Waals surface area contributed by atoms with Gasteiger partial charge in [-0.05, 0) is 39.0 Å². The third-order valence-corrected chi connectivity index (χ3v) is 5.79. The van der Waals surface area contributed by atoms with Gasteiger partial charge in [0, 0.05) is 17.1 Å². The number of anilines is 1. The van der Waals surface area contributed by atoms with Crippen molar-refractivity contribution in [2.75, 3.05) is 25.6 Å². The summed E-state index contributed by atoms with van der Waals surface area (Å²) < 4.78 is 37.6. The summed E-state index contributed by atoms with van der Waals surface area (Å²) in [7, 11) is -2.70. The highest BCUT2D eigenvalue weighted by Crippen LogP contribution is 2.27. The van der Waals surface area contributed by atoms with Crippen molar-refractivity contribution < 1.29 is 27.5 Å². The van der Waals surface area contributed by atoms with E-state index in [1.54, 1.807) is 26.0 Å². The molecular formula is C18H22ClN3O6S. The molecule has 9 nitrogen and oxygen atoms in total. The van der Waals surface area contributed by atoms with Gasteiger partial charge in [-0.1, -0.05) is 11.6 Å². The summed E-state index contributed by atoms with van der Waals surface area (Å²) in [5.74, 6) is -0.931. The number of nitrogens with one attached hydrogen (secondary N) is 3. The van der Waals surface area contributed by atoms with E-state index < -0.39 is 28.4 Å². The molecule has 0 aliphatic carbocycles. The topological polar surface area (TPSA) is 127 Å². The van der Waals surface area contributed by atoms with Crippen LogP contribution in [0.1, 0.15) is 28.7 Å². The molecule has 29 heavy (non-hydrogen) atoms. The number of hydrogen-bond donors (Lipinski definition) is 3. The molecule has 0 bridgehead atoms. The molecule has 0 spiro atoms. The zero-order valence-corrected chi connectivity index (χ0v) is 18.0. The van der Waals surface area contributed by atoms with E-state index in [9.17, 15) is 18.0 Å². The van der Waals surface area contributed by atoms with E-state index in [-0.39, 0.29) is 22.8 Å². The van der Waals surface area contributed by atoms with Gasteiger partial charge in [0.15, 0.2) is 0 Å². The third-order valence-electron chi connectivity index (χ3n) is 3.92. The van der Waals surface area contributed by atoms with Gasteiger partial charge in [-0.25, -0.2) is 17.9 Å². The van der Waals surface area contributed by atoms with Crippen LogP contribution in [-0.2, 0) is 19.6 Å². The number of aromatic amines is 1. The summed E-state index contributed by atoms with van der Waals surface area (Å²) in [6.45, 7) is 4.26. The highest BCUT2D eigenvalue weighted by Gasteiger charge is 2.30. The second kappa shape index (κ2) is 9.29. The number of rotatable bonds is 8. The lowest BCUT2D eigenvalue weighted by Gasteiger charge is -2.10. The molecule has 0 aliphatic heterocycles. The van der Waals surface area contributed by atoms with Crippen molar-refractivity contribution >= 4 is 39.2 Å². The molecule has 3 N–H and O–H groups in total. The fourth-order valence-corrected chi connectivity index (χ4v) is 4.41. The summed E-state index contributed by atoms with van der Waals surface area (Å²) in [5.41, 5.74) is 0.916. The minimum atomic E-state index is -4.16. The Hall–Kier alpha value is -2.56. The molecule has 2 rings (SSSR count). The van der Waals surface area contributed by atoms with E-state index in [0.29, 0.717) is 22.2 Å². The van der Waals surface area contributed by atoms with Gasteiger partial charge in [-0.3, -0.25) is 4.79 Å². The molecule has 0 atom stereocenters. The van der Waals surface area contributed by atoms with E-state index in [2.05, 4.69) is 15.0 Å². The van der Waals surface area contributed by atoms with Crippen LogP contribution >= 0.6 is 11.6 Å². The molecule has 0 aliphatic rings. The van der Waals surface area contributed by atoms with E-state index in [0.717, 1.165) is 0 Å². The predicted molar refractivity (Wildman–Crippen MR) is 108 cm³/mol. The lowest BCUT2D eigenvalue weighted by Crippen LogP contribution is -2.33. The average molecular weight is 444 g/mol. The van der Waals surface area contributed by atoms with Crippen LogP contribution in [0.4, 0.5) is 5.69 Å². The Labute approximate surface area is 173 Å². The molecule has 2 aromatic rings. The number of carbonyl (C=O) groups excluding carboxylic acids is 2. The zero-order chi connectivity index (χ0) is 21.8. The maximum atomic E-state index is 12.7. The predicted octanol–water partition coefficient (Wildman–Crippen LogP) is 2.39. The van der Waals surface area contributed by atoms with E-state index in [1.165, 1.54) is 20.1 Å². The number of carbonyl (C=O) groups is 2. The van der Waals surface area contributed by atoms with E-state index in [4.69, 9.17) is 21.1 Å². The molecule has 1 aromatic heterocycles. The highest BCUT2D eigenvalue weighted by molar-refractivity contribution is 7.89. The summed E-state index contributed by atoms with van der Waals surface area (Å²) in [5, 5.41) is 2.83. The summed E-state index contributed by atoms with van der Waals surface area (Å²) in [6, 6.07) is 4.61. The Morgan fingerprint density at radius 1 is 1.21 bits per heavy atom. The quantitative estimate of drug-likeness (QED) is 0.537. The van der Waals surface area contributed by atoms with Crippen molar-refractivity contribution in [3.8, 4) is 5.75 Å². The first-order valence-corrected chi connectivity index (χ1v) is 10.5. The Bertz CT molecular complexity index is 1030. The minimum absolute atomic E-state index is 0.0841. The van der Waals surface area contributed by atoms with Gasteiger partial charge in [-0.15, -0.1) is 0 Å². The van der Waals surface area contributed by atoms with Crippen LogP contribution in [0.5, 0.6) is 5.75 Å². The standard InChI is InChI=1S/C18H22ClN3O6S/c1-5-28-18(24)16-10(2)21-11(3)17(16)29(25,26)20-9-15(23)22-12-6-7-14(27-4)13(19)8-12/h6-8,20-21H,5,9H2,1-4H3,(H,22,23). The summed E-state index contributed by atoms with van der Waals surface area (Å²) >= 11 is 6.00. The molecule has 1 aromatic carbocycles. The number of halogens is 1. The van der Waals surface area contributed by atoms with Crippen molar-refractivity contribution in [2.24, 2.45) is 0 Å². The SMILES string of the molecule is CCOC(=O)c1c(C)[nH]c(C)c1S(=O)(=O)NCC(=O)Nc1ccc(OC)c(Cl)c1. The lowest BCUT2D eigenvalue weighted by molar-refractivity contribution is -0.115. The molecule has 0 unspecified atom stereocenters. The van der Waals surface area contributed by atoms with Gasteiger partial charge in [-0.2, -0.15) is 0 Å². The second-order valence-electron chi connectivity index (χ2n) is 6.02. The number of benzene rings is 1. The van der Waals surface area contributed by atoms with Gasteiger partial charge in [0.05, 0.1) is 25.3 Å². The van der Waals surface area contributed by atoms with E-state index in [1.807, 2.05) is 0 Å². The first-order valence-electron chi connectivity index (χ1n) is 8.60. The van der Waals surface area contributed by atoms with Crippen molar-refractivity contribution in [2.45, 2.75) is 25.7 Å². The van der Waals surface area contributed by atoms with Crippen molar-refractivity contribution in [3.63, 3.8) is 0 Å². The maximum absolute atomic E-state index is 12.7. The summed E-state index contributed by atoms with van der Waals surface area (Å²) in [4.78, 5) is 26.9. The lowest BCUT2D eigenvalue weighted by atomic mass is 10.2. The first-order chi connectivity index (χ1) is 13.6. The van der Waals surface area contributed by atoms with Crippen LogP contribution < -0.4 is 14.8 Å². The molecule has 158 valence electrons. The van der Waals surface area contributed by atoms with Crippen LogP contribution in [0, 0.1) is 13.8 Å². The number of H-pyrrole nitrogens is 1. The number of sulfonamides is 1. The van der Waals surface area contributed by atoms with Gasteiger partial charge in [0.2, 0.25) is 15.9 Å². The van der Waals surface area contributed by atoms with Gasteiger partial charge in [0.1, 0.15) is 16.2 Å². The monoisotopic (exact) mass is 443 g/mol. The fourth-order valence-electron chi connectivity index (χ4n) is 2.73. The highest BCUT2D eigenvalue weighted by atomic mass is 35.5. The molecule has 1 heterocycles.